The number of carbonyl (C=O) groups is 2. The zero-order valence-electron chi connectivity index (χ0n) is 21.3. The summed E-state index contributed by atoms with van der Waals surface area (Å²) >= 11 is 6.45. The molecule has 0 heterocycles. The van der Waals surface area contributed by atoms with Gasteiger partial charge in [0.1, 0.15) is 17.4 Å². The van der Waals surface area contributed by atoms with Gasteiger partial charge in [0.15, 0.2) is 18.1 Å². The highest BCUT2D eigenvalue weighted by Gasteiger charge is 2.16. The van der Waals surface area contributed by atoms with Crippen LogP contribution in [-0.2, 0) is 9.59 Å². The van der Waals surface area contributed by atoms with Gasteiger partial charge in [-0.2, -0.15) is 5.26 Å². The molecular formula is C29H28ClN3O5. The van der Waals surface area contributed by atoms with Crippen molar-refractivity contribution in [1.29, 1.82) is 5.26 Å². The Labute approximate surface area is 226 Å². The lowest BCUT2D eigenvalue weighted by Crippen LogP contribution is -2.21. The molecule has 0 aromatic heterocycles. The minimum Gasteiger partial charge on any atom is -0.494 e. The fourth-order valence-corrected chi connectivity index (χ4v) is 3.70. The highest BCUT2D eigenvalue weighted by atomic mass is 35.5. The molecule has 3 aromatic rings. The van der Waals surface area contributed by atoms with Crippen LogP contribution in [0.4, 0.5) is 11.4 Å². The van der Waals surface area contributed by atoms with Gasteiger partial charge < -0.3 is 24.8 Å². The first-order valence-corrected chi connectivity index (χ1v) is 12.3. The molecule has 2 amide bonds. The molecule has 38 heavy (non-hydrogen) atoms. The first kappa shape index (κ1) is 28.1. The van der Waals surface area contributed by atoms with Gasteiger partial charge in [-0.3, -0.25) is 9.59 Å². The Hall–Kier alpha value is -4.48. The Balaban J connectivity index is 1.75. The minimum atomic E-state index is -0.584. The number of hydrogen-bond acceptors (Lipinski definition) is 6. The summed E-state index contributed by atoms with van der Waals surface area (Å²) in [5.74, 6) is 0.190. The highest BCUT2D eigenvalue weighted by molar-refractivity contribution is 6.32. The van der Waals surface area contributed by atoms with Crippen molar-refractivity contribution in [2.24, 2.45) is 0 Å². The van der Waals surface area contributed by atoms with Gasteiger partial charge in [0.05, 0.1) is 18.2 Å². The van der Waals surface area contributed by atoms with Crippen molar-refractivity contribution >= 4 is 40.9 Å². The Bertz CT molecular complexity index is 1360. The standard InChI is InChI=1S/C29H28ClN3O5/c1-4-36-23-12-10-22(11-13-23)32-29(35)21(17-31)14-20-15-24(30)28(26(16-20)37-5-2)38-18-27(34)33-25-9-7-6-8-19(25)3/h6-16H,4-5,18H2,1-3H3,(H,32,35)(H,33,34)/b21-14+. The van der Waals surface area contributed by atoms with Gasteiger partial charge in [-0.05, 0) is 80.4 Å². The molecule has 3 aromatic carbocycles. The van der Waals surface area contributed by atoms with Gasteiger partial charge in [0.2, 0.25) is 0 Å². The van der Waals surface area contributed by atoms with E-state index in [0.717, 1.165) is 5.56 Å². The van der Waals surface area contributed by atoms with Crippen LogP contribution in [0.5, 0.6) is 17.2 Å². The van der Waals surface area contributed by atoms with Gasteiger partial charge in [0.25, 0.3) is 11.8 Å². The number of carbonyl (C=O) groups excluding carboxylic acids is 2. The highest BCUT2D eigenvalue weighted by Crippen LogP contribution is 2.37. The first-order chi connectivity index (χ1) is 18.3. The maximum atomic E-state index is 12.7. The summed E-state index contributed by atoms with van der Waals surface area (Å²) in [6.45, 7) is 6.10. The molecule has 0 aliphatic carbocycles. The molecule has 0 aliphatic rings. The number of hydrogen-bond donors (Lipinski definition) is 2. The molecule has 0 unspecified atom stereocenters. The monoisotopic (exact) mass is 533 g/mol. The topological polar surface area (TPSA) is 110 Å². The van der Waals surface area contributed by atoms with E-state index in [-0.39, 0.29) is 34.6 Å². The van der Waals surface area contributed by atoms with Crippen LogP contribution in [0.15, 0.2) is 66.2 Å². The number of benzene rings is 3. The summed E-state index contributed by atoms with van der Waals surface area (Å²) in [4.78, 5) is 25.1. The van der Waals surface area contributed by atoms with Crippen molar-refractivity contribution in [3.05, 3.63) is 82.4 Å². The van der Waals surface area contributed by atoms with E-state index >= 15 is 0 Å². The third-order valence-electron chi connectivity index (χ3n) is 5.20. The van der Waals surface area contributed by atoms with Crippen LogP contribution in [-0.4, -0.2) is 31.6 Å². The van der Waals surface area contributed by atoms with Gasteiger partial charge in [-0.25, -0.2) is 0 Å². The zero-order valence-corrected chi connectivity index (χ0v) is 22.1. The van der Waals surface area contributed by atoms with E-state index in [1.165, 1.54) is 12.1 Å². The SMILES string of the molecule is CCOc1ccc(NC(=O)/C(C#N)=C/c2cc(Cl)c(OCC(=O)Nc3ccccc3C)c(OCC)c2)cc1. The van der Waals surface area contributed by atoms with Crippen molar-refractivity contribution in [2.75, 3.05) is 30.5 Å². The fourth-order valence-electron chi connectivity index (χ4n) is 3.43. The van der Waals surface area contributed by atoms with E-state index in [4.69, 9.17) is 25.8 Å². The largest absolute Gasteiger partial charge is 0.494 e. The second-order valence-electron chi connectivity index (χ2n) is 8.00. The van der Waals surface area contributed by atoms with Crippen LogP contribution in [0.3, 0.4) is 0 Å². The molecule has 0 fully saturated rings. The molecule has 0 aliphatic heterocycles. The normalized spacial score (nSPS) is 10.8. The number of rotatable bonds is 11. The van der Waals surface area contributed by atoms with Crippen LogP contribution >= 0.6 is 11.6 Å². The molecule has 3 rings (SSSR count). The van der Waals surface area contributed by atoms with Crippen molar-refractivity contribution in [1.82, 2.24) is 0 Å². The third-order valence-corrected chi connectivity index (χ3v) is 5.48. The second kappa shape index (κ2) is 13.7. The first-order valence-electron chi connectivity index (χ1n) is 11.9. The summed E-state index contributed by atoms with van der Waals surface area (Å²) < 4.78 is 16.7. The van der Waals surface area contributed by atoms with Crippen LogP contribution in [0, 0.1) is 18.3 Å². The summed E-state index contributed by atoms with van der Waals surface area (Å²) in [6, 6.07) is 19.2. The van der Waals surface area contributed by atoms with E-state index in [1.54, 1.807) is 43.3 Å². The van der Waals surface area contributed by atoms with E-state index in [9.17, 15) is 14.9 Å². The molecular weight excluding hydrogens is 506 g/mol. The summed E-state index contributed by atoms with van der Waals surface area (Å²) in [5, 5.41) is 15.2. The average Bonchev–Trinajstić information content (AvgIpc) is 2.89. The number of nitriles is 1. The van der Waals surface area contributed by atoms with E-state index in [2.05, 4.69) is 10.6 Å². The van der Waals surface area contributed by atoms with Crippen molar-refractivity contribution in [3.8, 4) is 23.3 Å². The number of amides is 2. The molecule has 196 valence electrons. The predicted octanol–water partition coefficient (Wildman–Crippen LogP) is 6.01. The number of para-hydroxylation sites is 1. The Morgan fingerprint density at radius 1 is 0.974 bits per heavy atom. The van der Waals surface area contributed by atoms with Gasteiger partial charge in [-0.1, -0.05) is 29.8 Å². The maximum Gasteiger partial charge on any atom is 0.266 e. The number of ether oxygens (including phenoxy) is 3. The molecule has 0 saturated carbocycles. The summed E-state index contributed by atoms with van der Waals surface area (Å²) in [6.07, 6.45) is 1.40. The second-order valence-corrected chi connectivity index (χ2v) is 8.40. The lowest BCUT2D eigenvalue weighted by molar-refractivity contribution is -0.118. The Morgan fingerprint density at radius 2 is 1.68 bits per heavy atom. The van der Waals surface area contributed by atoms with Crippen LogP contribution in [0.25, 0.3) is 6.08 Å². The van der Waals surface area contributed by atoms with Crippen LogP contribution in [0.1, 0.15) is 25.0 Å². The Kier molecular flexibility index (Phi) is 10.1. The molecule has 0 spiro atoms. The molecule has 0 atom stereocenters. The zero-order chi connectivity index (χ0) is 27.5. The maximum absolute atomic E-state index is 12.7. The van der Waals surface area contributed by atoms with Gasteiger partial charge >= 0.3 is 0 Å². The number of anilines is 2. The van der Waals surface area contributed by atoms with Crippen LogP contribution in [0.2, 0.25) is 5.02 Å². The van der Waals surface area contributed by atoms with Crippen molar-refractivity contribution < 1.29 is 23.8 Å². The third kappa shape index (κ3) is 7.76. The van der Waals surface area contributed by atoms with E-state index in [0.29, 0.717) is 35.9 Å². The molecule has 2 N–H and O–H groups in total. The molecule has 9 heteroatoms. The fraction of sp³-hybridized carbons (Fsp3) is 0.207. The van der Waals surface area contributed by atoms with E-state index in [1.807, 2.05) is 38.1 Å². The number of nitrogens with zero attached hydrogens (tertiary/aromatic N) is 1. The summed E-state index contributed by atoms with van der Waals surface area (Å²) in [5.41, 5.74) is 2.44. The van der Waals surface area contributed by atoms with Crippen molar-refractivity contribution in [3.63, 3.8) is 0 Å². The molecule has 0 radical (unpaired) electrons. The lowest BCUT2D eigenvalue weighted by Gasteiger charge is -2.15. The minimum absolute atomic E-state index is 0.135. The summed E-state index contributed by atoms with van der Waals surface area (Å²) in [7, 11) is 0. The Morgan fingerprint density at radius 3 is 2.34 bits per heavy atom. The van der Waals surface area contributed by atoms with Gasteiger partial charge in [0, 0.05) is 11.4 Å². The molecule has 0 saturated heterocycles. The number of aryl methyl sites for hydroxylation is 1. The van der Waals surface area contributed by atoms with Gasteiger partial charge in [-0.15, -0.1) is 0 Å². The number of nitrogens with one attached hydrogen (secondary N) is 2. The van der Waals surface area contributed by atoms with E-state index < -0.39 is 5.91 Å². The lowest BCUT2D eigenvalue weighted by atomic mass is 10.1. The average molecular weight is 534 g/mol. The van der Waals surface area contributed by atoms with Crippen LogP contribution < -0.4 is 24.8 Å². The van der Waals surface area contributed by atoms with Crippen molar-refractivity contribution in [2.45, 2.75) is 20.8 Å². The number of halogens is 1. The predicted molar refractivity (Wildman–Crippen MR) is 148 cm³/mol. The molecule has 0 bridgehead atoms. The smallest absolute Gasteiger partial charge is 0.266 e. The molecule has 8 nitrogen and oxygen atoms in total. The quantitative estimate of drug-likeness (QED) is 0.231.